The minimum atomic E-state index is -2.61. The van der Waals surface area contributed by atoms with E-state index in [0.29, 0.717) is 0 Å². The van der Waals surface area contributed by atoms with E-state index in [2.05, 4.69) is 15.0 Å². The number of hydrogen-bond donors (Lipinski definition) is 0. The van der Waals surface area contributed by atoms with Crippen molar-refractivity contribution in [2.24, 2.45) is 5.92 Å². The molecule has 0 N–H and O–H groups in total. The van der Waals surface area contributed by atoms with Gasteiger partial charge in [0.05, 0.1) is 6.20 Å². The number of anilines is 1. The highest BCUT2D eigenvalue weighted by Gasteiger charge is 2.37. The molecule has 4 heterocycles. The highest BCUT2D eigenvalue weighted by atomic mass is 19.3. The van der Waals surface area contributed by atoms with Gasteiger partial charge in [-0.05, 0) is 18.9 Å². The van der Waals surface area contributed by atoms with Crippen molar-refractivity contribution >= 4 is 17.4 Å². The first-order valence-corrected chi connectivity index (χ1v) is 8.74. The number of carbonyl (C=O) groups is 1. The lowest BCUT2D eigenvalue weighted by Crippen LogP contribution is -2.47. The van der Waals surface area contributed by atoms with Crippen LogP contribution in [0, 0.1) is 5.92 Å². The fourth-order valence-corrected chi connectivity index (χ4v) is 3.65. The van der Waals surface area contributed by atoms with Gasteiger partial charge in [-0.15, -0.1) is 0 Å². The normalized spacial score (nSPS) is 21.7. The largest absolute Gasteiger partial charge is 0.356 e. The second kappa shape index (κ2) is 6.24. The highest BCUT2D eigenvalue weighted by Crippen LogP contribution is 2.30. The Labute approximate surface area is 144 Å². The monoisotopic (exact) mass is 349 g/mol. The summed E-state index contributed by atoms with van der Waals surface area (Å²) < 4.78 is 28.2. The van der Waals surface area contributed by atoms with Crippen molar-refractivity contribution in [3.8, 4) is 0 Å². The third-order valence-electron chi connectivity index (χ3n) is 5.22. The molecule has 0 bridgehead atoms. The molecule has 2 aromatic rings. The number of alkyl halides is 2. The second-order valence-electron chi connectivity index (χ2n) is 6.86. The maximum absolute atomic E-state index is 13.3. The molecular weight excluding hydrogens is 328 g/mol. The number of piperidine rings is 2. The van der Waals surface area contributed by atoms with Gasteiger partial charge in [0, 0.05) is 57.2 Å². The number of rotatable bonds is 2. The van der Waals surface area contributed by atoms with E-state index in [1.165, 1.54) is 0 Å². The van der Waals surface area contributed by atoms with Crippen molar-refractivity contribution < 1.29 is 13.6 Å². The van der Waals surface area contributed by atoms with Crippen LogP contribution in [-0.2, 0) is 4.79 Å². The van der Waals surface area contributed by atoms with Crippen LogP contribution in [0.3, 0.4) is 0 Å². The zero-order valence-corrected chi connectivity index (χ0v) is 13.9. The Bertz CT molecular complexity index is 759. The Morgan fingerprint density at radius 2 is 1.84 bits per heavy atom. The summed E-state index contributed by atoms with van der Waals surface area (Å²) in [7, 11) is 0. The van der Waals surface area contributed by atoms with Gasteiger partial charge < -0.3 is 9.80 Å². The maximum atomic E-state index is 13.3. The zero-order chi connectivity index (χ0) is 17.4. The smallest absolute Gasteiger partial charge is 0.251 e. The lowest BCUT2D eigenvalue weighted by molar-refractivity contribution is -0.142. The Kier molecular flexibility index (Phi) is 4.05. The summed E-state index contributed by atoms with van der Waals surface area (Å²) in [4.78, 5) is 21.0. The molecule has 0 radical (unpaired) electrons. The predicted molar refractivity (Wildman–Crippen MR) is 88.7 cm³/mol. The third-order valence-corrected chi connectivity index (χ3v) is 5.22. The molecule has 2 aliphatic rings. The van der Waals surface area contributed by atoms with Gasteiger partial charge >= 0.3 is 0 Å². The summed E-state index contributed by atoms with van der Waals surface area (Å²) in [6.45, 7) is 1.84. The molecule has 0 atom stereocenters. The lowest BCUT2D eigenvalue weighted by atomic mass is 9.94. The van der Waals surface area contributed by atoms with Gasteiger partial charge in [0.2, 0.25) is 5.91 Å². The van der Waals surface area contributed by atoms with Crippen LogP contribution in [0.1, 0.15) is 25.7 Å². The van der Waals surface area contributed by atoms with Crippen molar-refractivity contribution in [1.82, 2.24) is 19.5 Å². The Morgan fingerprint density at radius 3 is 2.56 bits per heavy atom. The van der Waals surface area contributed by atoms with Crippen LogP contribution in [0.2, 0.25) is 0 Å². The zero-order valence-electron chi connectivity index (χ0n) is 13.9. The Balaban J connectivity index is 1.35. The molecule has 4 rings (SSSR count). The molecule has 6 nitrogen and oxygen atoms in total. The van der Waals surface area contributed by atoms with E-state index >= 15 is 0 Å². The molecule has 0 aromatic carbocycles. The molecule has 25 heavy (non-hydrogen) atoms. The number of nitrogens with zero attached hydrogens (tertiary/aromatic N) is 5. The molecule has 2 saturated heterocycles. The van der Waals surface area contributed by atoms with Crippen LogP contribution in [0.25, 0.3) is 5.65 Å². The molecule has 0 aliphatic carbocycles. The van der Waals surface area contributed by atoms with E-state index in [-0.39, 0.29) is 37.8 Å². The van der Waals surface area contributed by atoms with E-state index in [1.54, 1.807) is 15.6 Å². The highest BCUT2D eigenvalue weighted by molar-refractivity contribution is 5.79. The predicted octanol–water partition coefficient (Wildman–Crippen LogP) is 2.20. The number of fused-ring (bicyclic) bond motifs is 1. The topological polar surface area (TPSA) is 53.7 Å². The number of likely N-dealkylation sites (tertiary alicyclic amines) is 1. The number of carbonyl (C=O) groups excluding carboxylic acids is 1. The summed E-state index contributed by atoms with van der Waals surface area (Å²) in [6.07, 6.45) is 4.62. The van der Waals surface area contributed by atoms with Crippen LogP contribution in [0.5, 0.6) is 0 Å². The number of aromatic nitrogens is 3. The van der Waals surface area contributed by atoms with Gasteiger partial charge in [-0.2, -0.15) is 5.10 Å². The molecule has 0 unspecified atom stereocenters. The van der Waals surface area contributed by atoms with E-state index in [0.717, 1.165) is 37.4 Å². The van der Waals surface area contributed by atoms with Gasteiger partial charge in [0.1, 0.15) is 5.82 Å². The third kappa shape index (κ3) is 3.29. The van der Waals surface area contributed by atoms with Crippen molar-refractivity contribution in [3.05, 3.63) is 24.5 Å². The summed E-state index contributed by atoms with van der Waals surface area (Å²) >= 11 is 0. The number of amides is 1. The van der Waals surface area contributed by atoms with Crippen molar-refractivity contribution in [1.29, 1.82) is 0 Å². The lowest BCUT2D eigenvalue weighted by Gasteiger charge is -2.37. The molecule has 0 saturated carbocycles. The van der Waals surface area contributed by atoms with Crippen LogP contribution in [0.15, 0.2) is 24.5 Å². The first-order chi connectivity index (χ1) is 12.0. The van der Waals surface area contributed by atoms with Crippen LogP contribution in [0.4, 0.5) is 14.6 Å². The van der Waals surface area contributed by atoms with E-state index in [1.807, 2.05) is 18.3 Å². The minimum Gasteiger partial charge on any atom is -0.356 e. The summed E-state index contributed by atoms with van der Waals surface area (Å²) in [5.41, 5.74) is 0.796. The van der Waals surface area contributed by atoms with Gasteiger partial charge in [-0.3, -0.25) is 4.79 Å². The van der Waals surface area contributed by atoms with Gasteiger partial charge in [0.15, 0.2) is 5.65 Å². The molecule has 2 fully saturated rings. The van der Waals surface area contributed by atoms with Gasteiger partial charge in [-0.1, -0.05) is 0 Å². The number of halogens is 2. The van der Waals surface area contributed by atoms with Crippen LogP contribution < -0.4 is 4.90 Å². The van der Waals surface area contributed by atoms with E-state index in [4.69, 9.17) is 0 Å². The molecule has 2 aromatic heterocycles. The van der Waals surface area contributed by atoms with Crippen LogP contribution in [-0.4, -0.2) is 57.5 Å². The molecule has 0 spiro atoms. The first kappa shape index (κ1) is 16.2. The van der Waals surface area contributed by atoms with Gasteiger partial charge in [-0.25, -0.2) is 18.3 Å². The Morgan fingerprint density at radius 1 is 1.12 bits per heavy atom. The standard InChI is InChI=1S/C17H21F2N5O/c18-17(19)5-11-23(12-6-17)16(25)13-2-8-22(9-3-13)14-4-10-24-15(21-14)1-7-20-24/h1,4,7,10,13H,2-3,5-6,8-9,11-12H2. The summed E-state index contributed by atoms with van der Waals surface area (Å²) in [6, 6.07) is 3.78. The van der Waals surface area contributed by atoms with Crippen molar-refractivity contribution in [2.75, 3.05) is 31.1 Å². The minimum absolute atomic E-state index is 0.0364. The average molecular weight is 349 g/mol. The average Bonchev–Trinajstić information content (AvgIpc) is 3.09. The Hall–Kier alpha value is -2.25. The molecule has 1 amide bonds. The fourth-order valence-electron chi connectivity index (χ4n) is 3.65. The molecule has 8 heteroatoms. The molecule has 2 aliphatic heterocycles. The van der Waals surface area contributed by atoms with Crippen molar-refractivity contribution in [3.63, 3.8) is 0 Å². The van der Waals surface area contributed by atoms with Crippen molar-refractivity contribution in [2.45, 2.75) is 31.6 Å². The number of hydrogen-bond acceptors (Lipinski definition) is 4. The quantitative estimate of drug-likeness (QED) is 0.834. The van der Waals surface area contributed by atoms with E-state index in [9.17, 15) is 13.6 Å². The first-order valence-electron chi connectivity index (χ1n) is 8.74. The second-order valence-corrected chi connectivity index (χ2v) is 6.86. The van der Waals surface area contributed by atoms with Crippen LogP contribution >= 0.6 is 0 Å². The fraction of sp³-hybridized carbons (Fsp3) is 0.588. The maximum Gasteiger partial charge on any atom is 0.251 e. The molecular formula is C17H21F2N5O. The van der Waals surface area contributed by atoms with E-state index < -0.39 is 5.92 Å². The SMILES string of the molecule is O=C(C1CCN(c2ccn3nccc3n2)CC1)N1CCC(F)(F)CC1. The summed E-state index contributed by atoms with van der Waals surface area (Å²) in [5, 5.41) is 4.13. The van der Waals surface area contributed by atoms with Gasteiger partial charge in [0.25, 0.3) is 5.92 Å². The molecule has 134 valence electrons. The summed E-state index contributed by atoms with van der Waals surface area (Å²) in [5.74, 6) is -1.76.